The van der Waals surface area contributed by atoms with E-state index < -0.39 is 15.8 Å². The molecule has 2 aromatic heterocycles. The van der Waals surface area contributed by atoms with Crippen LogP contribution in [-0.2, 0) is 16.4 Å². The lowest BCUT2D eigenvalue weighted by Crippen LogP contribution is -2.27. The molecule has 126 valence electrons. The Balaban J connectivity index is 2.20. The van der Waals surface area contributed by atoms with Crippen LogP contribution in [0, 0.1) is 5.82 Å². The molecule has 1 aromatic carbocycles. The van der Waals surface area contributed by atoms with E-state index in [1.807, 2.05) is 6.92 Å². The number of rotatable bonds is 4. The van der Waals surface area contributed by atoms with E-state index in [0.717, 1.165) is 17.7 Å². The number of halogens is 2. The van der Waals surface area contributed by atoms with E-state index in [1.54, 1.807) is 11.6 Å². The van der Waals surface area contributed by atoms with Crippen molar-refractivity contribution in [2.24, 2.45) is 0 Å². The number of hydrogen-bond donors (Lipinski definition) is 0. The number of hydrogen-bond acceptors (Lipinski definition) is 4. The molecule has 2 heterocycles. The van der Waals surface area contributed by atoms with Crippen molar-refractivity contribution >= 4 is 49.6 Å². The topological polar surface area (TPSA) is 50.3 Å². The third kappa shape index (κ3) is 2.76. The Morgan fingerprint density at radius 3 is 2.58 bits per heavy atom. The molecule has 3 rings (SSSR count). The summed E-state index contributed by atoms with van der Waals surface area (Å²) in [6, 6.07) is 4.77. The van der Waals surface area contributed by atoms with Crippen LogP contribution < -0.4 is 4.31 Å². The predicted octanol–water partition coefficient (Wildman–Crippen LogP) is 4.48. The zero-order chi connectivity index (χ0) is 17.5. The van der Waals surface area contributed by atoms with Gasteiger partial charge in [-0.05, 0) is 36.2 Å². The maximum absolute atomic E-state index is 13.1. The molecule has 0 bridgehead atoms. The SMILES string of the molecule is CCc1cnc2c(Cl)scc2c1N(C)S(=O)(=O)c1ccc(F)cc1. The van der Waals surface area contributed by atoms with Gasteiger partial charge in [-0.1, -0.05) is 18.5 Å². The molecule has 0 fully saturated rings. The van der Waals surface area contributed by atoms with E-state index in [2.05, 4.69) is 4.98 Å². The van der Waals surface area contributed by atoms with E-state index in [1.165, 1.54) is 34.8 Å². The Bertz CT molecular complexity index is 1000. The summed E-state index contributed by atoms with van der Waals surface area (Å²) in [6.07, 6.45) is 2.27. The molecule has 24 heavy (non-hydrogen) atoms. The molecule has 0 aliphatic rings. The van der Waals surface area contributed by atoms with Gasteiger partial charge in [-0.25, -0.2) is 12.8 Å². The normalized spacial score (nSPS) is 11.8. The van der Waals surface area contributed by atoms with Gasteiger partial charge >= 0.3 is 0 Å². The summed E-state index contributed by atoms with van der Waals surface area (Å²) in [7, 11) is -2.34. The zero-order valence-electron chi connectivity index (χ0n) is 13.0. The standard InChI is InChI=1S/C16H14ClFN2O2S2/c1-3-10-8-19-14-13(9-23-16(14)17)15(10)20(2)24(21,22)12-6-4-11(18)5-7-12/h4-9H,3H2,1-2H3. The van der Waals surface area contributed by atoms with Crippen molar-refractivity contribution in [3.05, 3.63) is 51.6 Å². The van der Waals surface area contributed by atoms with E-state index in [-0.39, 0.29) is 4.90 Å². The second-order valence-electron chi connectivity index (χ2n) is 5.18. The van der Waals surface area contributed by atoms with Crippen molar-refractivity contribution in [1.29, 1.82) is 0 Å². The lowest BCUT2D eigenvalue weighted by Gasteiger charge is -2.23. The molecule has 0 atom stereocenters. The molecule has 0 spiro atoms. The Morgan fingerprint density at radius 1 is 1.29 bits per heavy atom. The van der Waals surface area contributed by atoms with E-state index in [9.17, 15) is 12.8 Å². The predicted molar refractivity (Wildman–Crippen MR) is 96.0 cm³/mol. The summed E-state index contributed by atoms with van der Waals surface area (Å²) in [5.41, 5.74) is 1.93. The summed E-state index contributed by atoms with van der Waals surface area (Å²) in [4.78, 5) is 4.36. The minimum atomic E-state index is -3.82. The first-order valence-corrected chi connectivity index (χ1v) is 9.85. The monoisotopic (exact) mass is 384 g/mol. The highest BCUT2D eigenvalue weighted by molar-refractivity contribution is 7.92. The fraction of sp³-hybridized carbons (Fsp3) is 0.188. The Morgan fingerprint density at radius 2 is 1.96 bits per heavy atom. The smallest absolute Gasteiger partial charge is 0.264 e. The molecule has 0 N–H and O–H groups in total. The van der Waals surface area contributed by atoms with Crippen molar-refractivity contribution in [1.82, 2.24) is 4.98 Å². The molecule has 4 nitrogen and oxygen atoms in total. The van der Waals surface area contributed by atoms with Gasteiger partial charge in [0.15, 0.2) is 0 Å². The van der Waals surface area contributed by atoms with Crippen LogP contribution in [0.15, 0.2) is 40.7 Å². The number of aromatic nitrogens is 1. The molecule has 8 heteroatoms. The highest BCUT2D eigenvalue weighted by Crippen LogP contribution is 2.38. The van der Waals surface area contributed by atoms with Gasteiger partial charge in [0.1, 0.15) is 15.7 Å². The fourth-order valence-electron chi connectivity index (χ4n) is 2.51. The first kappa shape index (κ1) is 17.1. The number of aryl methyl sites for hydroxylation is 1. The number of anilines is 1. The molecule has 3 aromatic rings. The van der Waals surface area contributed by atoms with Gasteiger partial charge in [0.25, 0.3) is 10.0 Å². The molecule has 0 saturated heterocycles. The third-order valence-corrected chi connectivity index (χ3v) is 6.77. The molecule has 0 amide bonds. The van der Waals surface area contributed by atoms with Crippen LogP contribution in [-0.4, -0.2) is 20.4 Å². The van der Waals surface area contributed by atoms with Crippen LogP contribution in [0.1, 0.15) is 12.5 Å². The van der Waals surface area contributed by atoms with Crippen LogP contribution in [0.3, 0.4) is 0 Å². The minimum Gasteiger partial charge on any atom is -0.268 e. The molecule has 0 aliphatic heterocycles. The number of pyridine rings is 1. The Kier molecular flexibility index (Phi) is 4.50. The van der Waals surface area contributed by atoms with Crippen LogP contribution >= 0.6 is 22.9 Å². The van der Waals surface area contributed by atoms with Crippen LogP contribution in [0.25, 0.3) is 10.9 Å². The zero-order valence-corrected chi connectivity index (χ0v) is 15.3. The molecule has 0 saturated carbocycles. The number of thiophene rings is 1. The van der Waals surface area contributed by atoms with Gasteiger partial charge in [0, 0.05) is 24.0 Å². The Labute approximate surface area is 148 Å². The van der Waals surface area contributed by atoms with Crippen molar-refractivity contribution < 1.29 is 12.8 Å². The maximum atomic E-state index is 13.1. The number of benzene rings is 1. The summed E-state index contributed by atoms with van der Waals surface area (Å²) in [6.45, 7) is 1.93. The van der Waals surface area contributed by atoms with E-state index in [4.69, 9.17) is 11.6 Å². The quantitative estimate of drug-likeness (QED) is 0.666. The maximum Gasteiger partial charge on any atom is 0.264 e. The Hall–Kier alpha value is -1.70. The van der Waals surface area contributed by atoms with Crippen LogP contribution in [0.2, 0.25) is 4.34 Å². The van der Waals surface area contributed by atoms with Gasteiger partial charge in [-0.3, -0.25) is 9.29 Å². The van der Waals surface area contributed by atoms with Gasteiger partial charge in [-0.2, -0.15) is 0 Å². The fourth-order valence-corrected chi connectivity index (χ4v) is 4.76. The second kappa shape index (κ2) is 6.31. The highest BCUT2D eigenvalue weighted by atomic mass is 35.5. The summed E-state index contributed by atoms with van der Waals surface area (Å²) in [5.74, 6) is -0.484. The van der Waals surface area contributed by atoms with Crippen LogP contribution in [0.4, 0.5) is 10.1 Å². The average Bonchev–Trinajstić information content (AvgIpc) is 2.95. The number of fused-ring (bicyclic) bond motifs is 1. The number of nitrogens with zero attached hydrogens (tertiary/aromatic N) is 2. The lowest BCUT2D eigenvalue weighted by atomic mass is 10.1. The molecule has 0 unspecified atom stereocenters. The molecular formula is C16H14ClFN2O2S2. The lowest BCUT2D eigenvalue weighted by molar-refractivity contribution is 0.593. The van der Waals surface area contributed by atoms with Gasteiger partial charge in [-0.15, -0.1) is 11.3 Å². The molecule has 0 aliphatic carbocycles. The first-order chi connectivity index (χ1) is 11.4. The third-order valence-electron chi connectivity index (χ3n) is 3.80. The summed E-state index contributed by atoms with van der Waals surface area (Å²) in [5, 5.41) is 2.49. The highest BCUT2D eigenvalue weighted by Gasteiger charge is 2.26. The van der Waals surface area contributed by atoms with Crippen molar-refractivity contribution in [2.75, 3.05) is 11.4 Å². The van der Waals surface area contributed by atoms with Crippen LogP contribution in [0.5, 0.6) is 0 Å². The van der Waals surface area contributed by atoms with E-state index in [0.29, 0.717) is 27.3 Å². The van der Waals surface area contributed by atoms with Gasteiger partial charge in [0.2, 0.25) is 0 Å². The van der Waals surface area contributed by atoms with Gasteiger partial charge in [0.05, 0.1) is 10.6 Å². The van der Waals surface area contributed by atoms with Crippen molar-refractivity contribution in [2.45, 2.75) is 18.2 Å². The number of sulfonamides is 1. The van der Waals surface area contributed by atoms with Gasteiger partial charge < -0.3 is 0 Å². The summed E-state index contributed by atoms with van der Waals surface area (Å²) >= 11 is 7.45. The molecule has 0 radical (unpaired) electrons. The second-order valence-corrected chi connectivity index (χ2v) is 8.63. The average molecular weight is 385 g/mol. The summed E-state index contributed by atoms with van der Waals surface area (Å²) < 4.78 is 40.7. The largest absolute Gasteiger partial charge is 0.268 e. The van der Waals surface area contributed by atoms with Crippen molar-refractivity contribution in [3.63, 3.8) is 0 Å². The first-order valence-electron chi connectivity index (χ1n) is 7.15. The van der Waals surface area contributed by atoms with Crippen molar-refractivity contribution in [3.8, 4) is 0 Å². The molecular weight excluding hydrogens is 371 g/mol. The van der Waals surface area contributed by atoms with E-state index >= 15 is 0 Å². The minimum absolute atomic E-state index is 0.0275.